The van der Waals surface area contributed by atoms with Crippen LogP contribution in [0, 0.1) is 0 Å². The molecule has 0 saturated carbocycles. The maximum absolute atomic E-state index is 11.0. The molecule has 7 heavy (non-hydrogen) atoms. The number of alkyl halides is 4. The van der Waals surface area contributed by atoms with Gasteiger partial charge in [0.1, 0.15) is 0 Å². The first-order chi connectivity index (χ1) is 3.06. The molecule has 0 spiro atoms. The van der Waals surface area contributed by atoms with E-state index in [2.05, 4.69) is 0 Å². The Hall–Kier alpha value is 0.870. The molecule has 0 nitrogen and oxygen atoms in total. The lowest BCUT2D eigenvalue weighted by Gasteiger charge is -1.98. The summed E-state index contributed by atoms with van der Waals surface area (Å²) in [4.78, 5) is 0. The van der Waals surface area contributed by atoms with Gasteiger partial charge in [0.2, 0.25) is 0 Å². The Bertz CT molecular complexity index is 51.4. The molecule has 0 N–H and O–H groups in total. The highest BCUT2D eigenvalue weighted by Crippen LogP contribution is 2.30. The van der Waals surface area contributed by atoms with Crippen LogP contribution >= 0.6 is 34.4 Å². The van der Waals surface area contributed by atoms with E-state index in [9.17, 15) is 13.2 Å². The first-order valence-electron chi connectivity index (χ1n) is 1.33. The molecule has 0 aliphatic carbocycles. The van der Waals surface area contributed by atoms with Gasteiger partial charge in [-0.2, -0.15) is 13.2 Å². The van der Waals surface area contributed by atoms with Crippen LogP contribution in [0.3, 0.4) is 0 Å². The van der Waals surface area contributed by atoms with Gasteiger partial charge in [-0.05, 0) is 11.8 Å². The summed E-state index contributed by atoms with van der Waals surface area (Å²) in [5.74, 6) is 0. The molecule has 0 aromatic carbocycles. The van der Waals surface area contributed by atoms with Crippen molar-refractivity contribution >= 4 is 34.4 Å². The highest BCUT2D eigenvalue weighted by molar-refractivity contribution is 14.1. The van der Waals surface area contributed by atoms with Gasteiger partial charge in [0.25, 0.3) is 0 Å². The summed E-state index contributed by atoms with van der Waals surface area (Å²) in [6, 6.07) is 0. The molecule has 0 bridgehead atoms. The van der Waals surface area contributed by atoms with Crippen LogP contribution in [-0.2, 0) is 0 Å². The Morgan fingerprint density at radius 3 is 1.86 bits per heavy atom. The molecule has 0 aromatic heterocycles. The lowest BCUT2D eigenvalue weighted by molar-refractivity contribution is -0.0324. The number of thioether (sulfide) groups is 1. The fraction of sp³-hybridized carbons (Fsp3) is 1.00. The molecule has 0 amide bonds. The summed E-state index contributed by atoms with van der Waals surface area (Å²) < 4.78 is 33.1. The van der Waals surface area contributed by atoms with Crippen LogP contribution in [0.4, 0.5) is 13.2 Å². The number of hydrogen-bond acceptors (Lipinski definition) is 1. The summed E-state index contributed by atoms with van der Waals surface area (Å²) in [6.45, 7) is 0. The SMILES string of the molecule is FC(F)(F)SCI. The van der Waals surface area contributed by atoms with Gasteiger partial charge in [-0.3, -0.25) is 0 Å². The van der Waals surface area contributed by atoms with E-state index in [0.717, 1.165) is 0 Å². The van der Waals surface area contributed by atoms with E-state index >= 15 is 0 Å². The van der Waals surface area contributed by atoms with Crippen LogP contribution in [0.5, 0.6) is 0 Å². The molecule has 0 rings (SSSR count). The normalized spacial score (nSPS) is 12.0. The third-order valence-electron chi connectivity index (χ3n) is 0.218. The van der Waals surface area contributed by atoms with Gasteiger partial charge in [0.15, 0.2) is 0 Å². The predicted octanol–water partition coefficient (Wildman–Crippen LogP) is 2.63. The molecule has 0 unspecified atom stereocenters. The predicted molar refractivity (Wildman–Crippen MR) is 32.5 cm³/mol. The average molecular weight is 242 g/mol. The van der Waals surface area contributed by atoms with Crippen LogP contribution in [0.1, 0.15) is 0 Å². The first kappa shape index (κ1) is 7.87. The van der Waals surface area contributed by atoms with Crippen molar-refractivity contribution in [3.63, 3.8) is 0 Å². The summed E-state index contributed by atoms with van der Waals surface area (Å²) >= 11 is 1.63. The fourth-order valence-electron chi connectivity index (χ4n) is 0.0619. The molecule has 0 aliphatic heterocycles. The second kappa shape index (κ2) is 3.01. The van der Waals surface area contributed by atoms with Crippen molar-refractivity contribution in [2.24, 2.45) is 0 Å². The van der Waals surface area contributed by atoms with Crippen LogP contribution < -0.4 is 0 Å². The Labute approximate surface area is 57.0 Å². The largest absolute Gasteiger partial charge is 0.442 e. The van der Waals surface area contributed by atoms with E-state index in [-0.39, 0.29) is 15.5 Å². The molecule has 0 aliphatic rings. The van der Waals surface area contributed by atoms with Crippen molar-refractivity contribution in [1.29, 1.82) is 0 Å². The van der Waals surface area contributed by atoms with Crippen LogP contribution in [-0.4, -0.2) is 9.27 Å². The van der Waals surface area contributed by atoms with E-state index in [1.807, 2.05) is 0 Å². The fourth-order valence-corrected chi connectivity index (χ4v) is 1.24. The third-order valence-corrected chi connectivity index (χ3v) is 1.59. The van der Waals surface area contributed by atoms with Gasteiger partial charge in [-0.15, -0.1) is 0 Å². The zero-order valence-electron chi connectivity index (χ0n) is 3.13. The Morgan fingerprint density at radius 2 is 1.86 bits per heavy atom. The summed E-state index contributed by atoms with van der Waals surface area (Å²) in [7, 11) is 0. The van der Waals surface area contributed by atoms with Crippen molar-refractivity contribution < 1.29 is 13.2 Å². The monoisotopic (exact) mass is 242 g/mol. The van der Waals surface area contributed by atoms with E-state index in [4.69, 9.17) is 0 Å². The zero-order valence-corrected chi connectivity index (χ0v) is 6.10. The zero-order chi connectivity index (χ0) is 5.91. The topological polar surface area (TPSA) is 0 Å². The molecule has 0 atom stereocenters. The van der Waals surface area contributed by atoms with Gasteiger partial charge in [-0.25, -0.2) is 0 Å². The van der Waals surface area contributed by atoms with E-state index < -0.39 is 5.51 Å². The van der Waals surface area contributed by atoms with Crippen molar-refractivity contribution in [2.75, 3.05) is 3.76 Å². The second-order valence-electron chi connectivity index (χ2n) is 0.699. The van der Waals surface area contributed by atoms with E-state index in [0.29, 0.717) is 0 Å². The minimum Gasteiger partial charge on any atom is -0.160 e. The molecule has 0 aromatic rings. The van der Waals surface area contributed by atoms with Crippen molar-refractivity contribution in [3.8, 4) is 0 Å². The van der Waals surface area contributed by atoms with E-state index in [1.54, 1.807) is 22.6 Å². The van der Waals surface area contributed by atoms with Gasteiger partial charge in [-0.1, -0.05) is 22.6 Å². The highest BCUT2D eigenvalue weighted by atomic mass is 127. The molecule has 5 heteroatoms. The quantitative estimate of drug-likeness (QED) is 0.503. The van der Waals surface area contributed by atoms with Gasteiger partial charge >= 0.3 is 5.51 Å². The highest BCUT2D eigenvalue weighted by Gasteiger charge is 2.26. The van der Waals surface area contributed by atoms with Crippen molar-refractivity contribution in [3.05, 3.63) is 0 Å². The lowest BCUT2D eigenvalue weighted by Crippen LogP contribution is -1.98. The smallest absolute Gasteiger partial charge is 0.160 e. The third kappa shape index (κ3) is 6.87. The minimum absolute atomic E-state index is 0.0249. The molecule has 44 valence electrons. The molecule has 0 fully saturated rings. The first-order valence-corrected chi connectivity index (χ1v) is 3.84. The van der Waals surface area contributed by atoms with Crippen molar-refractivity contribution in [1.82, 2.24) is 0 Å². The van der Waals surface area contributed by atoms with Gasteiger partial charge in [0.05, 0.1) is 3.76 Å². The Morgan fingerprint density at radius 1 is 1.43 bits per heavy atom. The average Bonchev–Trinajstić information content (AvgIpc) is 1.30. The second-order valence-corrected chi connectivity index (χ2v) is 3.54. The molecule has 0 saturated heterocycles. The summed E-state index contributed by atoms with van der Waals surface area (Å²) in [5, 5.41) is 0. The van der Waals surface area contributed by atoms with Crippen LogP contribution in [0.25, 0.3) is 0 Å². The lowest BCUT2D eigenvalue weighted by atomic mass is 11.6. The van der Waals surface area contributed by atoms with Gasteiger partial charge in [0, 0.05) is 0 Å². The summed E-state index contributed by atoms with van der Waals surface area (Å²) in [6.07, 6.45) is 0. The van der Waals surface area contributed by atoms with Crippen molar-refractivity contribution in [2.45, 2.75) is 5.51 Å². The Kier molecular flexibility index (Phi) is 3.38. The van der Waals surface area contributed by atoms with E-state index in [1.165, 1.54) is 0 Å². The maximum Gasteiger partial charge on any atom is 0.442 e. The number of rotatable bonds is 1. The molecule has 0 radical (unpaired) electrons. The van der Waals surface area contributed by atoms with Crippen LogP contribution in [0.15, 0.2) is 0 Å². The summed E-state index contributed by atoms with van der Waals surface area (Å²) in [5.41, 5.74) is -4.04. The molecule has 0 heterocycles. The Balaban J connectivity index is 3.15. The number of hydrogen-bond donors (Lipinski definition) is 0. The number of halogens is 4. The standard InChI is InChI=1S/C2H2F3IS/c3-2(4,5)7-1-6/h1H2. The maximum atomic E-state index is 11.0. The van der Waals surface area contributed by atoms with Gasteiger partial charge < -0.3 is 0 Å². The van der Waals surface area contributed by atoms with Crippen LogP contribution in [0.2, 0.25) is 0 Å². The molecular formula is C2H2F3IS. The minimum atomic E-state index is -4.04. The molecular weight excluding hydrogens is 240 g/mol.